The monoisotopic (exact) mass is 365 g/mol. The molecule has 0 aliphatic rings. The Balaban J connectivity index is 1.95. The topological polar surface area (TPSA) is 76.5 Å². The van der Waals surface area contributed by atoms with Gasteiger partial charge in [-0.25, -0.2) is 9.78 Å². The summed E-state index contributed by atoms with van der Waals surface area (Å²) in [6.45, 7) is 3.77. The summed E-state index contributed by atoms with van der Waals surface area (Å²) in [6, 6.07) is 11.6. The molecule has 0 saturated carbocycles. The Morgan fingerprint density at radius 2 is 2.08 bits per heavy atom. The first-order valence-electron chi connectivity index (χ1n) is 7.62. The zero-order valence-corrected chi connectivity index (χ0v) is 15.3. The van der Waals surface area contributed by atoms with Gasteiger partial charge in [0.15, 0.2) is 14.1 Å². The predicted molar refractivity (Wildman–Crippen MR) is 95.4 cm³/mol. The first-order valence-corrected chi connectivity index (χ1v) is 9.60. The number of nitrogens with zero attached hydrogens (tertiary/aromatic N) is 1. The molecular formula is C17H20NO4PS. The molecule has 7 heteroatoms. The molecule has 0 spiro atoms. The van der Waals surface area contributed by atoms with Gasteiger partial charge in [-0.15, -0.1) is 0 Å². The smallest absolute Gasteiger partial charge is 0.339 e. The van der Waals surface area contributed by atoms with E-state index in [9.17, 15) is 14.5 Å². The van der Waals surface area contributed by atoms with E-state index in [1.807, 2.05) is 50.2 Å². The van der Waals surface area contributed by atoms with Gasteiger partial charge in [0.2, 0.25) is 0 Å². The Hall–Kier alpha value is -1.49. The molecule has 0 bridgehead atoms. The van der Waals surface area contributed by atoms with Crippen LogP contribution in [0.3, 0.4) is 0 Å². The molecule has 0 aliphatic heterocycles. The summed E-state index contributed by atoms with van der Waals surface area (Å²) in [5, 5.41) is 12.2. The Labute approximate surface area is 147 Å². The minimum Gasteiger partial charge on any atom is -0.452 e. The van der Waals surface area contributed by atoms with Gasteiger partial charge in [-0.1, -0.05) is 49.9 Å². The van der Waals surface area contributed by atoms with Crippen LogP contribution in [0.15, 0.2) is 41.4 Å². The van der Waals surface area contributed by atoms with Crippen molar-refractivity contribution < 1.29 is 19.2 Å². The number of aromatic nitrogens is 1. The van der Waals surface area contributed by atoms with Gasteiger partial charge in [0.25, 0.3) is 0 Å². The van der Waals surface area contributed by atoms with Crippen LogP contribution in [0.1, 0.15) is 20.3 Å². The zero-order valence-electron chi connectivity index (χ0n) is 13.6. The Morgan fingerprint density at radius 3 is 2.79 bits per heavy atom. The fourth-order valence-electron chi connectivity index (χ4n) is 2.40. The van der Waals surface area contributed by atoms with Crippen molar-refractivity contribution in [2.45, 2.75) is 30.9 Å². The lowest BCUT2D eigenvalue weighted by molar-refractivity contribution is -0.162. The molecule has 0 aliphatic carbocycles. The van der Waals surface area contributed by atoms with Gasteiger partial charge in [0, 0.05) is 5.39 Å². The summed E-state index contributed by atoms with van der Waals surface area (Å²) in [6.07, 6.45) is 0.0445. The van der Waals surface area contributed by atoms with E-state index in [0.717, 1.165) is 15.9 Å². The van der Waals surface area contributed by atoms with Crippen LogP contribution in [0, 0.1) is 5.92 Å². The number of thioether (sulfide) groups is 1. The molecule has 2 rings (SSSR count). The van der Waals surface area contributed by atoms with E-state index in [2.05, 4.69) is 4.98 Å². The van der Waals surface area contributed by atoms with E-state index in [1.54, 1.807) is 0 Å². The largest absolute Gasteiger partial charge is 0.452 e. The second-order valence-corrected chi connectivity index (χ2v) is 7.47. The highest BCUT2D eigenvalue weighted by atomic mass is 32.2. The number of carbonyl (C=O) groups excluding carboxylic acids is 1. The van der Waals surface area contributed by atoms with Crippen LogP contribution in [0.25, 0.3) is 10.9 Å². The molecule has 24 heavy (non-hydrogen) atoms. The molecule has 0 amide bonds. The van der Waals surface area contributed by atoms with Crippen molar-refractivity contribution in [2.24, 2.45) is 5.92 Å². The highest BCUT2D eigenvalue weighted by molar-refractivity contribution is 7.99. The van der Waals surface area contributed by atoms with Crippen LogP contribution >= 0.6 is 20.2 Å². The van der Waals surface area contributed by atoms with Crippen molar-refractivity contribution in [2.75, 3.05) is 12.1 Å². The summed E-state index contributed by atoms with van der Waals surface area (Å²) >= 11 is 1.27. The van der Waals surface area contributed by atoms with Crippen molar-refractivity contribution in [1.82, 2.24) is 4.98 Å². The molecule has 1 heterocycles. The number of benzene rings is 1. The number of fused-ring (bicyclic) bond motifs is 1. The second kappa shape index (κ2) is 8.56. The van der Waals surface area contributed by atoms with E-state index in [4.69, 9.17) is 4.74 Å². The van der Waals surface area contributed by atoms with E-state index in [1.165, 1.54) is 11.8 Å². The van der Waals surface area contributed by atoms with Gasteiger partial charge < -0.3 is 9.84 Å². The van der Waals surface area contributed by atoms with Gasteiger partial charge in [0.05, 0.1) is 16.7 Å². The minimum atomic E-state index is -1.71. The van der Waals surface area contributed by atoms with Crippen LogP contribution in [0.2, 0.25) is 0 Å². The number of para-hydroxylation sites is 1. The van der Waals surface area contributed by atoms with Crippen LogP contribution in [0.5, 0.6) is 0 Å². The van der Waals surface area contributed by atoms with Crippen molar-refractivity contribution in [3.63, 3.8) is 0 Å². The summed E-state index contributed by atoms with van der Waals surface area (Å²) < 4.78 is 16.0. The number of rotatable bonds is 8. The van der Waals surface area contributed by atoms with Gasteiger partial charge in [-0.2, -0.15) is 0 Å². The highest BCUT2D eigenvalue weighted by Gasteiger charge is 2.38. The molecule has 2 aromatic rings. The summed E-state index contributed by atoms with van der Waals surface area (Å²) in [7, 11) is -0.281. The van der Waals surface area contributed by atoms with Crippen LogP contribution in [0.4, 0.5) is 0 Å². The molecule has 128 valence electrons. The number of aliphatic hydroxyl groups is 1. The normalized spacial score (nSPS) is 14.0. The fraction of sp³-hybridized carbons (Fsp3) is 0.412. The molecule has 0 fully saturated rings. The van der Waals surface area contributed by atoms with E-state index in [-0.39, 0.29) is 32.9 Å². The lowest BCUT2D eigenvalue weighted by atomic mass is 9.94. The van der Waals surface area contributed by atoms with Crippen molar-refractivity contribution in [3.05, 3.63) is 36.4 Å². The number of pyridine rings is 1. The number of hydrogen-bond acceptors (Lipinski definition) is 6. The maximum atomic E-state index is 12.1. The van der Waals surface area contributed by atoms with Crippen molar-refractivity contribution in [1.29, 1.82) is 0 Å². The van der Waals surface area contributed by atoms with Crippen LogP contribution in [-0.4, -0.2) is 33.8 Å². The van der Waals surface area contributed by atoms with Gasteiger partial charge in [-0.3, -0.25) is 4.57 Å². The first-order chi connectivity index (χ1) is 11.4. The first kappa shape index (κ1) is 18.8. The minimum absolute atomic E-state index is 0.0420. The number of ether oxygens (including phenoxy) is 1. The summed E-state index contributed by atoms with van der Waals surface area (Å²) in [5.41, 5.74) is -0.843. The van der Waals surface area contributed by atoms with E-state index in [0.29, 0.717) is 0 Å². The van der Waals surface area contributed by atoms with Crippen molar-refractivity contribution in [3.8, 4) is 0 Å². The zero-order chi connectivity index (χ0) is 17.6. The number of hydrogen-bond donors (Lipinski definition) is 1. The third-order valence-electron chi connectivity index (χ3n) is 3.42. The van der Waals surface area contributed by atoms with Crippen molar-refractivity contribution >= 4 is 37.1 Å². The van der Waals surface area contributed by atoms with Crippen LogP contribution < -0.4 is 0 Å². The van der Waals surface area contributed by atoms with E-state index < -0.39 is 11.6 Å². The molecule has 1 N–H and O–H groups in total. The molecule has 1 aromatic carbocycles. The molecule has 1 atom stereocenters. The Kier molecular flexibility index (Phi) is 6.72. The summed E-state index contributed by atoms with van der Waals surface area (Å²) in [5.74, 6) is -0.618. The van der Waals surface area contributed by atoms with E-state index >= 15 is 0 Å². The summed E-state index contributed by atoms with van der Waals surface area (Å²) in [4.78, 5) is 16.6. The molecule has 0 radical (unpaired) electrons. The third kappa shape index (κ3) is 5.00. The maximum absolute atomic E-state index is 12.1. The lowest BCUT2D eigenvalue weighted by Crippen LogP contribution is -2.43. The van der Waals surface area contributed by atoms with Gasteiger partial charge in [-0.05, 0) is 24.5 Å². The molecule has 5 nitrogen and oxygen atoms in total. The standard InChI is InChI=1S/C17H20NO4PS/c1-12(2)9-17(20,10-23-21)16(19)22-11-24-15-8-7-13-5-3-4-6-14(13)18-15/h3-8,12,20H,9-11H2,1-2H3. The Bertz CT molecular complexity index is 725. The molecule has 0 saturated heterocycles. The molecule has 1 aromatic heterocycles. The average molecular weight is 365 g/mol. The molecular weight excluding hydrogens is 345 g/mol. The van der Waals surface area contributed by atoms with Crippen LogP contribution in [-0.2, 0) is 14.1 Å². The third-order valence-corrected chi connectivity index (χ3v) is 4.83. The predicted octanol–water partition coefficient (Wildman–Crippen LogP) is 3.90. The molecule has 1 unspecified atom stereocenters. The number of esters is 1. The SMILES string of the molecule is CC(C)CC(O)(CP=O)C(=O)OCSc1ccc2ccccc2n1. The highest BCUT2D eigenvalue weighted by Crippen LogP contribution is 2.25. The maximum Gasteiger partial charge on any atom is 0.339 e. The number of carbonyl (C=O) groups is 1. The average Bonchev–Trinajstić information content (AvgIpc) is 2.54. The lowest BCUT2D eigenvalue weighted by Gasteiger charge is -2.25. The van der Waals surface area contributed by atoms with Gasteiger partial charge in [0.1, 0.15) is 5.94 Å². The second-order valence-electron chi connectivity index (χ2n) is 5.95. The Morgan fingerprint density at radius 1 is 1.33 bits per heavy atom. The fourth-order valence-corrected chi connectivity index (χ4v) is 3.49. The quantitative estimate of drug-likeness (QED) is 0.331. The van der Waals surface area contributed by atoms with Gasteiger partial charge >= 0.3 is 5.97 Å².